The van der Waals surface area contributed by atoms with Gasteiger partial charge in [-0.05, 0) is 56.1 Å². The molecule has 1 aliphatic rings. The highest BCUT2D eigenvalue weighted by Crippen LogP contribution is 2.29. The average molecular weight is 249 g/mol. The van der Waals surface area contributed by atoms with Gasteiger partial charge in [0.25, 0.3) is 0 Å². The molecule has 0 aliphatic heterocycles. The van der Waals surface area contributed by atoms with Gasteiger partial charge >= 0.3 is 0 Å². The molecule has 1 aromatic rings. The van der Waals surface area contributed by atoms with Crippen LogP contribution in [0.2, 0.25) is 0 Å². The van der Waals surface area contributed by atoms with E-state index in [2.05, 4.69) is 42.8 Å². The van der Waals surface area contributed by atoms with Crippen molar-refractivity contribution in [1.82, 2.24) is 0 Å². The third-order valence-electron chi connectivity index (χ3n) is 3.86. The molecule has 0 bridgehead atoms. The lowest BCUT2D eigenvalue weighted by atomic mass is 9.84. The first kappa shape index (κ1) is 12.8. The minimum absolute atomic E-state index is 0.690. The molecular formula is C15H23NS. The molecule has 94 valence electrons. The summed E-state index contributed by atoms with van der Waals surface area (Å²) in [7, 11) is 0. The minimum atomic E-state index is 0.690. The van der Waals surface area contributed by atoms with E-state index in [0.29, 0.717) is 6.04 Å². The van der Waals surface area contributed by atoms with E-state index in [9.17, 15) is 0 Å². The molecule has 17 heavy (non-hydrogen) atoms. The van der Waals surface area contributed by atoms with E-state index in [1.54, 1.807) is 0 Å². The Morgan fingerprint density at radius 3 is 2.65 bits per heavy atom. The number of nitrogens with one attached hydrogen (secondary N) is 1. The second-order valence-electron chi connectivity index (χ2n) is 5.00. The predicted molar refractivity (Wildman–Crippen MR) is 77.9 cm³/mol. The molecular weight excluding hydrogens is 226 g/mol. The van der Waals surface area contributed by atoms with E-state index in [-0.39, 0.29) is 0 Å². The largest absolute Gasteiger partial charge is 0.382 e. The molecule has 0 aromatic heterocycles. The van der Waals surface area contributed by atoms with Crippen molar-refractivity contribution in [2.24, 2.45) is 5.92 Å². The molecule has 1 aliphatic carbocycles. The lowest BCUT2D eigenvalue weighted by molar-refractivity contribution is 0.330. The number of anilines is 1. The van der Waals surface area contributed by atoms with Crippen LogP contribution in [-0.2, 0) is 0 Å². The lowest BCUT2D eigenvalue weighted by Gasteiger charge is -2.29. The molecule has 0 saturated heterocycles. The van der Waals surface area contributed by atoms with E-state index in [1.807, 2.05) is 11.8 Å². The molecule has 0 radical (unpaired) electrons. The molecule has 1 saturated carbocycles. The van der Waals surface area contributed by atoms with Crippen LogP contribution in [-0.4, -0.2) is 12.3 Å². The number of hydrogen-bond acceptors (Lipinski definition) is 2. The quantitative estimate of drug-likeness (QED) is 0.770. The number of rotatable bonds is 4. The van der Waals surface area contributed by atoms with Crippen LogP contribution in [0.4, 0.5) is 5.69 Å². The van der Waals surface area contributed by atoms with Crippen molar-refractivity contribution in [1.29, 1.82) is 0 Å². The fraction of sp³-hybridized carbons (Fsp3) is 0.600. The van der Waals surface area contributed by atoms with Crippen molar-refractivity contribution in [2.75, 3.05) is 11.6 Å². The maximum atomic E-state index is 3.69. The SMILES string of the molecule is CCC1CCC(Nc2cccc(SC)c2)CC1. The van der Waals surface area contributed by atoms with Crippen molar-refractivity contribution in [3.63, 3.8) is 0 Å². The monoisotopic (exact) mass is 249 g/mol. The Labute approximate surface area is 109 Å². The second-order valence-corrected chi connectivity index (χ2v) is 5.88. The highest BCUT2D eigenvalue weighted by Gasteiger charge is 2.19. The van der Waals surface area contributed by atoms with E-state index in [4.69, 9.17) is 0 Å². The zero-order valence-electron chi connectivity index (χ0n) is 10.9. The zero-order chi connectivity index (χ0) is 12.1. The smallest absolute Gasteiger partial charge is 0.0353 e. The predicted octanol–water partition coefficient (Wildman–Crippen LogP) is 4.79. The van der Waals surface area contributed by atoms with E-state index in [0.717, 1.165) is 5.92 Å². The maximum Gasteiger partial charge on any atom is 0.0353 e. The molecule has 1 fully saturated rings. The first-order chi connectivity index (χ1) is 8.31. The van der Waals surface area contributed by atoms with Gasteiger partial charge in [-0.1, -0.05) is 19.4 Å². The van der Waals surface area contributed by atoms with Crippen LogP contribution in [0.1, 0.15) is 39.0 Å². The van der Waals surface area contributed by atoms with Crippen LogP contribution in [0, 0.1) is 5.92 Å². The molecule has 1 N–H and O–H groups in total. The summed E-state index contributed by atoms with van der Waals surface area (Å²) in [6.45, 7) is 2.32. The maximum absolute atomic E-state index is 3.69. The van der Waals surface area contributed by atoms with Crippen molar-refractivity contribution >= 4 is 17.4 Å². The fourth-order valence-electron chi connectivity index (χ4n) is 2.66. The molecule has 0 amide bonds. The van der Waals surface area contributed by atoms with Crippen molar-refractivity contribution in [3.8, 4) is 0 Å². The Kier molecular flexibility index (Phi) is 4.78. The van der Waals surface area contributed by atoms with Gasteiger partial charge in [0.2, 0.25) is 0 Å². The van der Waals surface area contributed by atoms with Crippen LogP contribution in [0.15, 0.2) is 29.2 Å². The third-order valence-corrected chi connectivity index (χ3v) is 4.59. The van der Waals surface area contributed by atoms with Crippen molar-refractivity contribution < 1.29 is 0 Å². The van der Waals surface area contributed by atoms with E-state index in [1.165, 1.54) is 42.7 Å². The summed E-state index contributed by atoms with van der Waals surface area (Å²) in [4.78, 5) is 1.34. The van der Waals surface area contributed by atoms with Gasteiger partial charge in [-0.15, -0.1) is 11.8 Å². The van der Waals surface area contributed by atoms with E-state index < -0.39 is 0 Å². The number of hydrogen-bond donors (Lipinski definition) is 1. The summed E-state index contributed by atoms with van der Waals surface area (Å²) < 4.78 is 0. The number of benzene rings is 1. The summed E-state index contributed by atoms with van der Waals surface area (Å²) in [6.07, 6.45) is 8.96. The van der Waals surface area contributed by atoms with E-state index >= 15 is 0 Å². The summed E-state index contributed by atoms with van der Waals surface area (Å²) in [5, 5.41) is 3.69. The van der Waals surface area contributed by atoms with Gasteiger partial charge in [0.05, 0.1) is 0 Å². The molecule has 0 spiro atoms. The molecule has 1 aromatic carbocycles. The lowest BCUT2D eigenvalue weighted by Crippen LogP contribution is -2.25. The van der Waals surface area contributed by atoms with Crippen molar-refractivity contribution in [3.05, 3.63) is 24.3 Å². The van der Waals surface area contributed by atoms with Crippen LogP contribution < -0.4 is 5.32 Å². The minimum Gasteiger partial charge on any atom is -0.382 e. The Bertz CT molecular complexity index is 343. The fourth-order valence-corrected chi connectivity index (χ4v) is 3.12. The molecule has 2 heteroatoms. The Morgan fingerprint density at radius 1 is 1.24 bits per heavy atom. The topological polar surface area (TPSA) is 12.0 Å². The Balaban J connectivity index is 1.88. The second kappa shape index (κ2) is 6.34. The van der Waals surface area contributed by atoms with Gasteiger partial charge in [-0.2, -0.15) is 0 Å². The molecule has 2 rings (SSSR count). The summed E-state index contributed by atoms with van der Waals surface area (Å²) in [5.41, 5.74) is 1.29. The average Bonchev–Trinajstić information content (AvgIpc) is 2.40. The highest BCUT2D eigenvalue weighted by molar-refractivity contribution is 7.98. The Morgan fingerprint density at radius 2 is 2.00 bits per heavy atom. The number of thioether (sulfide) groups is 1. The first-order valence-corrected chi connectivity index (χ1v) is 7.95. The van der Waals surface area contributed by atoms with Gasteiger partial charge in [0.1, 0.15) is 0 Å². The van der Waals surface area contributed by atoms with Gasteiger partial charge < -0.3 is 5.32 Å². The van der Waals surface area contributed by atoms with Crippen LogP contribution >= 0.6 is 11.8 Å². The third kappa shape index (κ3) is 3.67. The van der Waals surface area contributed by atoms with Gasteiger partial charge in [-0.3, -0.25) is 0 Å². The molecule has 0 atom stereocenters. The molecule has 1 nitrogen and oxygen atoms in total. The van der Waals surface area contributed by atoms with Gasteiger partial charge in [0, 0.05) is 16.6 Å². The van der Waals surface area contributed by atoms with Gasteiger partial charge in [0.15, 0.2) is 0 Å². The first-order valence-electron chi connectivity index (χ1n) is 6.72. The highest BCUT2D eigenvalue weighted by atomic mass is 32.2. The van der Waals surface area contributed by atoms with Crippen LogP contribution in [0.3, 0.4) is 0 Å². The van der Waals surface area contributed by atoms with Crippen LogP contribution in [0.25, 0.3) is 0 Å². The summed E-state index contributed by atoms with van der Waals surface area (Å²) >= 11 is 1.81. The standard InChI is InChI=1S/C15H23NS/c1-3-12-7-9-13(10-8-12)16-14-5-4-6-15(11-14)17-2/h4-6,11-13,16H,3,7-10H2,1-2H3. The Hall–Kier alpha value is -0.630. The summed E-state index contributed by atoms with van der Waals surface area (Å²) in [6, 6.07) is 9.45. The van der Waals surface area contributed by atoms with Crippen LogP contribution in [0.5, 0.6) is 0 Å². The van der Waals surface area contributed by atoms with Gasteiger partial charge in [-0.25, -0.2) is 0 Å². The zero-order valence-corrected chi connectivity index (χ0v) is 11.7. The van der Waals surface area contributed by atoms with Crippen molar-refractivity contribution in [2.45, 2.75) is 50.0 Å². The molecule has 0 unspecified atom stereocenters. The molecule has 0 heterocycles. The summed E-state index contributed by atoms with van der Waals surface area (Å²) in [5.74, 6) is 0.977. The normalized spacial score (nSPS) is 24.6.